The maximum absolute atomic E-state index is 6.72. The van der Waals surface area contributed by atoms with Gasteiger partial charge >= 0.3 is 0 Å². The van der Waals surface area contributed by atoms with Crippen molar-refractivity contribution in [2.24, 2.45) is 0 Å². The van der Waals surface area contributed by atoms with Gasteiger partial charge in [0.2, 0.25) is 0 Å². The fourth-order valence-electron chi connectivity index (χ4n) is 14.0. The summed E-state index contributed by atoms with van der Waals surface area (Å²) in [6, 6.07) is 106. The standard InChI is InChI=1S/C74H47NO/c1-3-21-48(22-4-1)50-25-17-27-52(45-50)73(53-28-18-26-51(46-53)49-23-5-2-6-24-49)61-34-12-9-31-57(61)60-47-54(43-44-65(60)73)75(68-40-20-42-70-72(68)59-33-11-16-41-69(59)76-70)67-39-19-38-66-71(67)58-32-10-15-37-64(58)74(66)62-35-13-7-29-55(62)56-30-8-14-36-63(56)74/h1-47H. The molecule has 13 aromatic rings. The molecule has 76 heavy (non-hydrogen) atoms. The predicted octanol–water partition coefficient (Wildman–Crippen LogP) is 19.1. The van der Waals surface area contributed by atoms with Gasteiger partial charge in [0, 0.05) is 16.6 Å². The Kier molecular flexibility index (Phi) is 9.20. The second-order valence-electron chi connectivity index (χ2n) is 20.6. The molecule has 3 aliphatic carbocycles. The Morgan fingerprint density at radius 3 is 1.37 bits per heavy atom. The summed E-state index contributed by atoms with van der Waals surface area (Å²) in [4.78, 5) is 2.54. The van der Waals surface area contributed by atoms with Crippen molar-refractivity contribution in [2.75, 3.05) is 4.90 Å². The SMILES string of the molecule is c1ccc(-c2cccc(C3(c4cccc(-c5ccccc5)c4)c4ccccc4-c4cc(N(c5cccc6c5-c5ccccc5C65c6ccccc6-c6ccccc65)c5cccc6oc7ccccc7c56)ccc43)c2)cc1. The van der Waals surface area contributed by atoms with Crippen LogP contribution >= 0.6 is 0 Å². The molecule has 1 heterocycles. The maximum Gasteiger partial charge on any atom is 0.137 e. The van der Waals surface area contributed by atoms with E-state index in [0.717, 1.165) is 39.0 Å². The number of rotatable bonds is 7. The topological polar surface area (TPSA) is 16.4 Å². The van der Waals surface area contributed by atoms with Gasteiger partial charge in [-0.05, 0) is 143 Å². The predicted molar refractivity (Wildman–Crippen MR) is 313 cm³/mol. The van der Waals surface area contributed by atoms with Gasteiger partial charge in [-0.3, -0.25) is 0 Å². The van der Waals surface area contributed by atoms with Crippen LogP contribution in [0.1, 0.15) is 44.5 Å². The van der Waals surface area contributed by atoms with Crippen LogP contribution in [0.15, 0.2) is 290 Å². The first-order chi connectivity index (χ1) is 37.7. The number of anilines is 3. The lowest BCUT2D eigenvalue weighted by Gasteiger charge is -2.35. The molecule has 0 bridgehead atoms. The molecular formula is C74H47NO. The van der Waals surface area contributed by atoms with Crippen LogP contribution in [0.4, 0.5) is 17.1 Å². The van der Waals surface area contributed by atoms with Crippen molar-refractivity contribution < 1.29 is 4.42 Å². The lowest BCUT2D eigenvalue weighted by atomic mass is 9.67. The van der Waals surface area contributed by atoms with E-state index in [1.54, 1.807) is 0 Å². The van der Waals surface area contributed by atoms with Gasteiger partial charge in [-0.1, -0.05) is 237 Å². The van der Waals surface area contributed by atoms with Gasteiger partial charge in [0.15, 0.2) is 0 Å². The third kappa shape index (κ3) is 5.81. The fourth-order valence-corrected chi connectivity index (χ4v) is 14.0. The summed E-state index contributed by atoms with van der Waals surface area (Å²) in [5.41, 5.74) is 26.3. The van der Waals surface area contributed by atoms with Crippen LogP contribution in [0.25, 0.3) is 77.6 Å². The first kappa shape index (κ1) is 42.7. The van der Waals surface area contributed by atoms with E-state index < -0.39 is 10.8 Å². The number of para-hydroxylation sites is 1. The molecule has 12 aromatic carbocycles. The van der Waals surface area contributed by atoms with Crippen molar-refractivity contribution in [3.8, 4) is 55.6 Å². The zero-order chi connectivity index (χ0) is 50.0. The third-order valence-electron chi connectivity index (χ3n) is 17.0. The molecule has 0 unspecified atom stereocenters. The molecule has 0 fully saturated rings. The Labute approximate surface area is 442 Å². The average Bonchev–Trinajstić information content (AvgIpc) is 4.42. The summed E-state index contributed by atoms with van der Waals surface area (Å²) in [5, 5.41) is 2.17. The van der Waals surface area contributed by atoms with Crippen molar-refractivity contribution in [2.45, 2.75) is 10.8 Å². The molecule has 0 amide bonds. The Morgan fingerprint density at radius 2 is 0.724 bits per heavy atom. The first-order valence-electron chi connectivity index (χ1n) is 26.4. The number of furan rings is 1. The summed E-state index contributed by atoms with van der Waals surface area (Å²) in [7, 11) is 0. The monoisotopic (exact) mass is 965 g/mol. The number of hydrogen-bond acceptors (Lipinski definition) is 2. The highest BCUT2D eigenvalue weighted by atomic mass is 16.3. The first-order valence-corrected chi connectivity index (χ1v) is 26.4. The minimum Gasteiger partial charge on any atom is -0.456 e. The van der Waals surface area contributed by atoms with Crippen molar-refractivity contribution in [1.29, 1.82) is 0 Å². The highest BCUT2D eigenvalue weighted by molar-refractivity contribution is 6.14. The molecule has 2 nitrogen and oxygen atoms in total. The summed E-state index contributed by atoms with van der Waals surface area (Å²) >= 11 is 0. The van der Waals surface area contributed by atoms with Gasteiger partial charge in [-0.2, -0.15) is 0 Å². The lowest BCUT2D eigenvalue weighted by molar-refractivity contribution is 0.669. The summed E-state index contributed by atoms with van der Waals surface area (Å²) in [6.07, 6.45) is 0. The van der Waals surface area contributed by atoms with Crippen LogP contribution in [0, 0.1) is 0 Å². The van der Waals surface area contributed by atoms with E-state index in [0.29, 0.717) is 0 Å². The van der Waals surface area contributed by atoms with Crippen LogP contribution in [0.3, 0.4) is 0 Å². The Hall–Kier alpha value is -9.76. The largest absolute Gasteiger partial charge is 0.456 e. The zero-order valence-corrected chi connectivity index (χ0v) is 41.5. The van der Waals surface area contributed by atoms with E-state index in [4.69, 9.17) is 4.42 Å². The Morgan fingerprint density at radius 1 is 0.276 bits per heavy atom. The minimum atomic E-state index is -0.659. The number of nitrogens with zero attached hydrogens (tertiary/aromatic N) is 1. The molecule has 1 aromatic heterocycles. The molecule has 354 valence electrons. The Bertz CT molecular complexity index is 4360. The molecule has 0 saturated heterocycles. The van der Waals surface area contributed by atoms with Crippen molar-refractivity contribution in [3.05, 3.63) is 330 Å². The molecule has 0 aliphatic heterocycles. The van der Waals surface area contributed by atoms with Crippen molar-refractivity contribution in [1.82, 2.24) is 0 Å². The lowest BCUT2D eigenvalue weighted by Crippen LogP contribution is -2.28. The molecule has 0 saturated carbocycles. The Balaban J connectivity index is 0.992. The van der Waals surface area contributed by atoms with E-state index in [2.05, 4.69) is 290 Å². The second kappa shape index (κ2) is 16.4. The molecule has 3 aliphatic rings. The average molecular weight is 966 g/mol. The van der Waals surface area contributed by atoms with Crippen LogP contribution in [-0.4, -0.2) is 0 Å². The second-order valence-corrected chi connectivity index (χ2v) is 20.6. The molecule has 16 rings (SSSR count). The number of benzene rings is 12. The van der Waals surface area contributed by atoms with Crippen molar-refractivity contribution in [3.63, 3.8) is 0 Å². The molecule has 0 radical (unpaired) electrons. The van der Waals surface area contributed by atoms with Crippen LogP contribution < -0.4 is 4.90 Å². The van der Waals surface area contributed by atoms with Gasteiger partial charge in [-0.15, -0.1) is 0 Å². The summed E-state index contributed by atoms with van der Waals surface area (Å²) in [6.45, 7) is 0. The molecule has 1 spiro atoms. The van der Waals surface area contributed by atoms with E-state index in [1.807, 2.05) is 0 Å². The normalized spacial score (nSPS) is 13.7. The van der Waals surface area contributed by atoms with Gasteiger partial charge < -0.3 is 9.32 Å². The van der Waals surface area contributed by atoms with E-state index in [-0.39, 0.29) is 0 Å². The number of hydrogen-bond donors (Lipinski definition) is 0. The molecule has 0 atom stereocenters. The highest BCUT2D eigenvalue weighted by Crippen LogP contribution is 2.65. The smallest absolute Gasteiger partial charge is 0.137 e. The third-order valence-corrected chi connectivity index (χ3v) is 17.0. The van der Waals surface area contributed by atoms with Gasteiger partial charge in [0.05, 0.1) is 27.6 Å². The van der Waals surface area contributed by atoms with E-state index >= 15 is 0 Å². The highest BCUT2D eigenvalue weighted by Gasteiger charge is 2.53. The minimum absolute atomic E-state index is 0.506. The molecule has 0 N–H and O–H groups in total. The van der Waals surface area contributed by atoms with E-state index in [9.17, 15) is 0 Å². The molecular weight excluding hydrogens is 919 g/mol. The summed E-state index contributed by atoms with van der Waals surface area (Å²) < 4.78 is 6.72. The van der Waals surface area contributed by atoms with Gasteiger partial charge in [-0.25, -0.2) is 0 Å². The molecule has 2 heteroatoms. The van der Waals surface area contributed by atoms with E-state index in [1.165, 1.54) is 100 Å². The van der Waals surface area contributed by atoms with Crippen molar-refractivity contribution >= 4 is 39.0 Å². The summed E-state index contributed by atoms with van der Waals surface area (Å²) in [5.74, 6) is 0. The van der Waals surface area contributed by atoms with Crippen LogP contribution in [-0.2, 0) is 10.8 Å². The number of fused-ring (bicyclic) bond motifs is 16. The fraction of sp³-hybridized carbons (Fsp3) is 0.0270. The van der Waals surface area contributed by atoms with Crippen LogP contribution in [0.5, 0.6) is 0 Å². The quantitative estimate of drug-likeness (QED) is 0.158. The van der Waals surface area contributed by atoms with Gasteiger partial charge in [0.1, 0.15) is 11.2 Å². The maximum atomic E-state index is 6.72. The van der Waals surface area contributed by atoms with Gasteiger partial charge in [0.25, 0.3) is 0 Å². The van der Waals surface area contributed by atoms with Crippen LogP contribution in [0.2, 0.25) is 0 Å². The zero-order valence-electron chi connectivity index (χ0n) is 41.5.